The summed E-state index contributed by atoms with van der Waals surface area (Å²) in [5.41, 5.74) is 1.79. The predicted octanol–water partition coefficient (Wildman–Crippen LogP) is 2.93. The van der Waals surface area contributed by atoms with E-state index in [1.807, 2.05) is 36.7 Å². The summed E-state index contributed by atoms with van der Waals surface area (Å²) >= 11 is 1.41. The molecule has 0 fully saturated rings. The van der Waals surface area contributed by atoms with Crippen molar-refractivity contribution in [1.82, 2.24) is 5.32 Å². The van der Waals surface area contributed by atoms with Crippen LogP contribution in [0.2, 0.25) is 0 Å². The van der Waals surface area contributed by atoms with E-state index in [0.717, 1.165) is 11.4 Å². The van der Waals surface area contributed by atoms with Crippen LogP contribution in [0.15, 0.2) is 29.3 Å². The number of nitrogens with zero attached hydrogens (tertiary/aromatic N) is 2. The third-order valence-electron chi connectivity index (χ3n) is 1.93. The minimum absolute atomic E-state index is 0.341. The number of benzene rings is 1. The number of para-hydroxylation sites is 2. The maximum atomic E-state index is 8.59. The Morgan fingerprint density at radius 2 is 2.12 bits per heavy atom. The Bertz CT molecular complexity index is 434. The molecule has 0 aliphatic heterocycles. The molecule has 0 saturated heterocycles. The van der Waals surface area contributed by atoms with Crippen molar-refractivity contribution >= 4 is 28.3 Å². The molecule has 1 aromatic rings. The van der Waals surface area contributed by atoms with Crippen molar-refractivity contribution in [2.24, 2.45) is 4.99 Å². The number of aliphatic imine (C=N–C) groups is 1. The molecule has 0 bridgehead atoms. The van der Waals surface area contributed by atoms with Crippen molar-refractivity contribution in [3.05, 3.63) is 24.3 Å². The molecule has 90 valence electrons. The average molecular weight is 248 g/mol. The van der Waals surface area contributed by atoms with E-state index in [4.69, 9.17) is 5.26 Å². The van der Waals surface area contributed by atoms with Crippen LogP contribution in [0.3, 0.4) is 0 Å². The number of nitrogens with one attached hydrogen (secondary N) is 2. The summed E-state index contributed by atoms with van der Waals surface area (Å²) in [6.07, 6.45) is 3.75. The smallest absolute Gasteiger partial charge is 0.183 e. The standard InChI is InChI=1S/C12H16N4S/c1-9(2)15-10-6-4-5-7-11(10)16-12(17-3)14-8-13/h4-7,9,15H,1-3H3,(H,14,16). The van der Waals surface area contributed by atoms with E-state index in [9.17, 15) is 0 Å². The van der Waals surface area contributed by atoms with Crippen molar-refractivity contribution in [2.45, 2.75) is 19.9 Å². The van der Waals surface area contributed by atoms with Gasteiger partial charge >= 0.3 is 0 Å². The van der Waals surface area contributed by atoms with Gasteiger partial charge in [-0.25, -0.2) is 4.99 Å². The van der Waals surface area contributed by atoms with Crippen LogP contribution in [0.1, 0.15) is 13.8 Å². The SMILES string of the molecule is CSC(=Nc1ccccc1NC(C)C)NC#N. The van der Waals surface area contributed by atoms with Crippen molar-refractivity contribution < 1.29 is 0 Å². The fourth-order valence-corrected chi connectivity index (χ4v) is 1.62. The second-order valence-electron chi connectivity index (χ2n) is 3.67. The van der Waals surface area contributed by atoms with Crippen molar-refractivity contribution in [2.75, 3.05) is 11.6 Å². The molecule has 4 nitrogen and oxygen atoms in total. The van der Waals surface area contributed by atoms with Gasteiger partial charge in [0.1, 0.15) is 0 Å². The van der Waals surface area contributed by atoms with Gasteiger partial charge in [-0.15, -0.1) is 0 Å². The fourth-order valence-electron chi connectivity index (χ4n) is 1.29. The Hall–Kier alpha value is -1.67. The third kappa shape index (κ3) is 4.37. The molecule has 2 N–H and O–H groups in total. The number of hydrogen-bond acceptors (Lipinski definition) is 4. The quantitative estimate of drug-likeness (QED) is 0.374. The van der Waals surface area contributed by atoms with E-state index in [0.29, 0.717) is 11.2 Å². The van der Waals surface area contributed by atoms with E-state index < -0.39 is 0 Å². The maximum Gasteiger partial charge on any atom is 0.183 e. The molecule has 0 aromatic heterocycles. The van der Waals surface area contributed by atoms with E-state index in [-0.39, 0.29) is 0 Å². The first-order chi connectivity index (χ1) is 8.17. The van der Waals surface area contributed by atoms with Crippen LogP contribution in [0.25, 0.3) is 0 Å². The minimum atomic E-state index is 0.341. The number of nitriles is 1. The lowest BCUT2D eigenvalue weighted by Gasteiger charge is -2.12. The summed E-state index contributed by atoms with van der Waals surface area (Å²) in [6, 6.07) is 8.12. The average Bonchev–Trinajstić information content (AvgIpc) is 2.30. The molecule has 1 aromatic carbocycles. The van der Waals surface area contributed by atoms with Crippen LogP contribution in [0.5, 0.6) is 0 Å². The fraction of sp³-hybridized carbons (Fsp3) is 0.333. The zero-order chi connectivity index (χ0) is 12.7. The Balaban J connectivity index is 3.00. The topological polar surface area (TPSA) is 60.2 Å². The molecule has 0 atom stereocenters. The summed E-state index contributed by atoms with van der Waals surface area (Å²) in [5, 5.41) is 15.0. The molecule has 1 rings (SSSR count). The maximum absolute atomic E-state index is 8.59. The molecule has 17 heavy (non-hydrogen) atoms. The van der Waals surface area contributed by atoms with E-state index in [1.54, 1.807) is 0 Å². The van der Waals surface area contributed by atoms with Gasteiger partial charge in [0.15, 0.2) is 11.4 Å². The summed E-state index contributed by atoms with van der Waals surface area (Å²) in [7, 11) is 0. The Morgan fingerprint density at radius 3 is 2.71 bits per heavy atom. The van der Waals surface area contributed by atoms with Gasteiger partial charge in [0.05, 0.1) is 11.4 Å². The highest BCUT2D eigenvalue weighted by molar-refractivity contribution is 8.13. The van der Waals surface area contributed by atoms with Crippen LogP contribution < -0.4 is 10.6 Å². The van der Waals surface area contributed by atoms with Gasteiger partial charge < -0.3 is 5.32 Å². The van der Waals surface area contributed by atoms with Crippen LogP contribution in [-0.4, -0.2) is 17.5 Å². The zero-order valence-electron chi connectivity index (χ0n) is 10.2. The van der Waals surface area contributed by atoms with Gasteiger partial charge in [-0.2, -0.15) is 5.26 Å². The molecule has 5 heteroatoms. The lowest BCUT2D eigenvalue weighted by atomic mass is 10.2. The van der Waals surface area contributed by atoms with Crippen LogP contribution >= 0.6 is 11.8 Å². The second kappa shape index (κ2) is 6.81. The van der Waals surface area contributed by atoms with Gasteiger partial charge in [0.25, 0.3) is 0 Å². The Labute approximate surface area is 106 Å². The summed E-state index contributed by atoms with van der Waals surface area (Å²) in [5.74, 6) is 0. The number of hydrogen-bond donors (Lipinski definition) is 2. The highest BCUT2D eigenvalue weighted by atomic mass is 32.2. The van der Waals surface area contributed by atoms with Gasteiger partial charge in [0, 0.05) is 6.04 Å². The molecular weight excluding hydrogens is 232 g/mol. The molecule has 0 aliphatic rings. The van der Waals surface area contributed by atoms with Gasteiger partial charge in [0.2, 0.25) is 0 Å². The molecule has 0 radical (unpaired) electrons. The van der Waals surface area contributed by atoms with E-state index >= 15 is 0 Å². The van der Waals surface area contributed by atoms with Crippen molar-refractivity contribution in [3.63, 3.8) is 0 Å². The predicted molar refractivity (Wildman–Crippen MR) is 74.6 cm³/mol. The normalized spacial score (nSPS) is 11.1. The first-order valence-corrected chi connectivity index (χ1v) is 6.53. The number of amidine groups is 1. The van der Waals surface area contributed by atoms with E-state index in [1.165, 1.54) is 11.8 Å². The minimum Gasteiger partial charge on any atom is -0.381 e. The lowest BCUT2D eigenvalue weighted by molar-refractivity contribution is 0.900. The number of rotatable bonds is 3. The van der Waals surface area contributed by atoms with E-state index in [2.05, 4.69) is 29.5 Å². The second-order valence-corrected chi connectivity index (χ2v) is 4.47. The molecule has 0 amide bonds. The van der Waals surface area contributed by atoms with Gasteiger partial charge in [-0.1, -0.05) is 23.9 Å². The number of thioether (sulfide) groups is 1. The van der Waals surface area contributed by atoms with Crippen molar-refractivity contribution in [1.29, 1.82) is 5.26 Å². The van der Waals surface area contributed by atoms with Crippen LogP contribution in [0, 0.1) is 11.5 Å². The number of anilines is 1. The summed E-state index contributed by atoms with van der Waals surface area (Å²) < 4.78 is 0. The first-order valence-electron chi connectivity index (χ1n) is 5.30. The van der Waals surface area contributed by atoms with Crippen molar-refractivity contribution in [3.8, 4) is 6.19 Å². The Morgan fingerprint density at radius 1 is 1.41 bits per heavy atom. The molecule has 0 unspecified atom stereocenters. The van der Waals surface area contributed by atoms with Gasteiger partial charge in [-0.05, 0) is 32.2 Å². The third-order valence-corrected chi connectivity index (χ3v) is 2.51. The first kappa shape index (κ1) is 13.4. The molecular formula is C12H16N4S. The highest BCUT2D eigenvalue weighted by Gasteiger charge is 2.03. The summed E-state index contributed by atoms with van der Waals surface area (Å²) in [6.45, 7) is 4.15. The monoisotopic (exact) mass is 248 g/mol. The Kier molecular flexibility index (Phi) is 5.37. The lowest BCUT2D eigenvalue weighted by Crippen LogP contribution is -2.13. The molecule has 0 spiro atoms. The van der Waals surface area contributed by atoms with Crippen LogP contribution in [0.4, 0.5) is 11.4 Å². The molecule has 0 saturated carbocycles. The van der Waals surface area contributed by atoms with Crippen LogP contribution in [-0.2, 0) is 0 Å². The zero-order valence-corrected chi connectivity index (χ0v) is 11.0. The molecule has 0 heterocycles. The summed E-state index contributed by atoms with van der Waals surface area (Å²) in [4.78, 5) is 4.40. The largest absolute Gasteiger partial charge is 0.381 e. The van der Waals surface area contributed by atoms with Gasteiger partial charge in [-0.3, -0.25) is 5.32 Å². The molecule has 0 aliphatic carbocycles. The highest BCUT2D eigenvalue weighted by Crippen LogP contribution is 2.25.